The number of carbonyl (C=O) groups is 1. The van der Waals surface area contributed by atoms with Crippen LogP contribution in [-0.4, -0.2) is 27.7 Å². The Morgan fingerprint density at radius 3 is 3.20 bits per heavy atom. The number of hydrogen-bond donors (Lipinski definition) is 2. The van der Waals surface area contributed by atoms with Gasteiger partial charge >= 0.3 is 6.01 Å². The lowest BCUT2D eigenvalue weighted by atomic mass is 10.3. The summed E-state index contributed by atoms with van der Waals surface area (Å²) in [6.45, 7) is 2.30. The lowest BCUT2D eigenvalue weighted by Gasteiger charge is -1.97. The molecule has 6 nitrogen and oxygen atoms in total. The Bertz CT molecular complexity index is 366. The van der Waals surface area contributed by atoms with Crippen LogP contribution in [0.2, 0.25) is 0 Å². The molecule has 2 N–H and O–H groups in total. The Morgan fingerprint density at radius 2 is 2.53 bits per heavy atom. The molecule has 1 aromatic rings. The van der Waals surface area contributed by atoms with Gasteiger partial charge in [-0.3, -0.25) is 10.1 Å². The van der Waals surface area contributed by atoms with E-state index in [0.717, 1.165) is 0 Å². The highest BCUT2D eigenvalue weighted by molar-refractivity contribution is 5.88. The van der Waals surface area contributed by atoms with Crippen molar-refractivity contribution < 1.29 is 9.53 Å². The minimum Gasteiger partial charge on any atom is -0.463 e. The van der Waals surface area contributed by atoms with Crippen molar-refractivity contribution in [1.29, 1.82) is 0 Å². The van der Waals surface area contributed by atoms with Crippen molar-refractivity contribution in [3.63, 3.8) is 0 Å². The van der Waals surface area contributed by atoms with Gasteiger partial charge in [-0.15, -0.1) is 17.4 Å². The van der Waals surface area contributed by atoms with E-state index in [-0.39, 0.29) is 24.3 Å². The van der Waals surface area contributed by atoms with Crippen LogP contribution in [0, 0.1) is 12.3 Å². The maximum Gasteiger partial charge on any atom is 0.337 e. The number of hydrogen-bond acceptors (Lipinski definition) is 4. The van der Waals surface area contributed by atoms with Crippen molar-refractivity contribution in [2.45, 2.75) is 19.8 Å². The van der Waals surface area contributed by atoms with Crippen molar-refractivity contribution in [1.82, 2.24) is 15.2 Å². The van der Waals surface area contributed by atoms with E-state index in [4.69, 9.17) is 11.2 Å². The van der Waals surface area contributed by atoms with Crippen LogP contribution in [0.15, 0.2) is 0 Å². The van der Waals surface area contributed by atoms with Crippen LogP contribution in [-0.2, 0) is 4.79 Å². The summed E-state index contributed by atoms with van der Waals surface area (Å²) < 4.78 is 5.01. The van der Waals surface area contributed by atoms with Crippen molar-refractivity contribution in [2.75, 3.05) is 11.9 Å². The average molecular weight is 208 g/mol. The standard InChI is InChI=1S/C9H12N4O2/c1-3-5-6-7(14)10-8-11-9(13-12-8)15-4-2/h1H,4-6H2,2H3,(H2,10,11,12,13,14). The highest BCUT2D eigenvalue weighted by atomic mass is 16.5. The van der Waals surface area contributed by atoms with E-state index >= 15 is 0 Å². The molecule has 0 unspecified atom stereocenters. The summed E-state index contributed by atoms with van der Waals surface area (Å²) in [6, 6.07) is 0.213. The van der Waals surface area contributed by atoms with Crippen LogP contribution in [0.5, 0.6) is 6.01 Å². The zero-order chi connectivity index (χ0) is 11.1. The minimum absolute atomic E-state index is 0.202. The number of H-pyrrole nitrogens is 1. The van der Waals surface area contributed by atoms with Gasteiger partial charge in [-0.05, 0) is 6.92 Å². The van der Waals surface area contributed by atoms with Crippen molar-refractivity contribution in [3.05, 3.63) is 0 Å². The minimum atomic E-state index is -0.202. The third-order valence-electron chi connectivity index (χ3n) is 1.49. The second-order valence-electron chi connectivity index (χ2n) is 2.65. The maximum atomic E-state index is 11.2. The van der Waals surface area contributed by atoms with Crippen molar-refractivity contribution in [3.8, 4) is 18.4 Å². The molecule has 0 fully saturated rings. The lowest BCUT2D eigenvalue weighted by Crippen LogP contribution is -2.11. The van der Waals surface area contributed by atoms with Crippen LogP contribution in [0.25, 0.3) is 0 Å². The number of nitrogens with one attached hydrogen (secondary N) is 2. The van der Waals surface area contributed by atoms with E-state index in [1.807, 2.05) is 6.92 Å². The van der Waals surface area contributed by atoms with E-state index in [1.165, 1.54) is 0 Å². The van der Waals surface area contributed by atoms with Gasteiger partial charge in [0.25, 0.3) is 0 Å². The van der Waals surface area contributed by atoms with Crippen LogP contribution in [0.3, 0.4) is 0 Å². The summed E-state index contributed by atoms with van der Waals surface area (Å²) in [4.78, 5) is 15.1. The molecule has 0 aliphatic heterocycles. The molecule has 0 saturated carbocycles. The van der Waals surface area contributed by atoms with Gasteiger partial charge in [0.1, 0.15) is 0 Å². The molecule has 1 heterocycles. The summed E-state index contributed by atoms with van der Waals surface area (Å²) in [7, 11) is 0. The Morgan fingerprint density at radius 1 is 1.73 bits per heavy atom. The van der Waals surface area contributed by atoms with Crippen LogP contribution in [0.1, 0.15) is 19.8 Å². The molecule has 0 atom stereocenters. The second kappa shape index (κ2) is 5.65. The molecule has 0 saturated heterocycles. The molecule has 80 valence electrons. The fourth-order valence-corrected chi connectivity index (χ4v) is 0.876. The first-order valence-corrected chi connectivity index (χ1v) is 4.54. The smallest absolute Gasteiger partial charge is 0.337 e. The predicted molar refractivity (Wildman–Crippen MR) is 54.2 cm³/mol. The van der Waals surface area contributed by atoms with Crippen molar-refractivity contribution >= 4 is 11.9 Å². The molecule has 1 amide bonds. The molecule has 15 heavy (non-hydrogen) atoms. The molecule has 0 bridgehead atoms. The predicted octanol–water partition coefficient (Wildman–Crippen LogP) is 0.555. The third kappa shape index (κ3) is 3.68. The molecule has 1 rings (SSSR count). The SMILES string of the molecule is C#CCCC(=O)Nc1nc(OCC)n[nH]1. The summed E-state index contributed by atoms with van der Waals surface area (Å²) in [5.41, 5.74) is 0. The number of terminal acetylenes is 1. The first-order chi connectivity index (χ1) is 7.26. The fraction of sp³-hybridized carbons (Fsp3) is 0.444. The second-order valence-corrected chi connectivity index (χ2v) is 2.65. The molecular weight excluding hydrogens is 196 g/mol. The monoisotopic (exact) mass is 208 g/mol. The number of rotatable bonds is 5. The van der Waals surface area contributed by atoms with Gasteiger partial charge in [0, 0.05) is 12.8 Å². The lowest BCUT2D eigenvalue weighted by molar-refractivity contribution is -0.116. The van der Waals surface area contributed by atoms with Crippen LogP contribution >= 0.6 is 0 Å². The average Bonchev–Trinajstić information content (AvgIpc) is 2.63. The van der Waals surface area contributed by atoms with Gasteiger partial charge in [-0.25, -0.2) is 5.10 Å². The summed E-state index contributed by atoms with van der Waals surface area (Å²) in [5.74, 6) is 2.44. The van der Waals surface area contributed by atoms with Crippen LogP contribution in [0.4, 0.5) is 5.95 Å². The molecule has 0 aromatic carbocycles. The number of carbonyl (C=O) groups excluding carboxylic acids is 1. The van der Waals surface area contributed by atoms with Gasteiger partial charge in [0.15, 0.2) is 0 Å². The van der Waals surface area contributed by atoms with E-state index in [0.29, 0.717) is 13.0 Å². The fourth-order valence-electron chi connectivity index (χ4n) is 0.876. The number of nitrogens with zero attached hydrogens (tertiary/aromatic N) is 2. The molecule has 6 heteroatoms. The molecule has 0 spiro atoms. The first-order valence-electron chi connectivity index (χ1n) is 4.54. The summed E-state index contributed by atoms with van der Waals surface area (Å²) in [6.07, 6.45) is 5.69. The van der Waals surface area contributed by atoms with E-state index < -0.39 is 0 Å². The highest BCUT2D eigenvalue weighted by Gasteiger charge is 2.06. The number of aromatic nitrogens is 3. The zero-order valence-corrected chi connectivity index (χ0v) is 8.41. The molecule has 1 aromatic heterocycles. The highest BCUT2D eigenvalue weighted by Crippen LogP contribution is 2.05. The number of anilines is 1. The quantitative estimate of drug-likeness (QED) is 0.693. The summed E-state index contributed by atoms with van der Waals surface area (Å²) in [5, 5.41) is 8.77. The molecule has 0 radical (unpaired) electrons. The number of aromatic amines is 1. The zero-order valence-electron chi connectivity index (χ0n) is 8.41. The largest absolute Gasteiger partial charge is 0.463 e. The van der Waals surface area contributed by atoms with Crippen LogP contribution < -0.4 is 10.1 Å². The van der Waals surface area contributed by atoms with Crippen molar-refractivity contribution in [2.24, 2.45) is 0 Å². The first kappa shape index (κ1) is 11.0. The number of amides is 1. The van der Waals surface area contributed by atoms with E-state index in [1.54, 1.807) is 0 Å². The molecule has 0 aliphatic rings. The Balaban J connectivity index is 2.43. The molecule has 0 aliphatic carbocycles. The van der Waals surface area contributed by atoms with Gasteiger partial charge in [-0.2, -0.15) is 4.98 Å². The van der Waals surface area contributed by atoms with E-state index in [9.17, 15) is 4.79 Å². The van der Waals surface area contributed by atoms with Gasteiger partial charge < -0.3 is 4.74 Å². The Kier molecular flexibility index (Phi) is 4.16. The summed E-state index contributed by atoms with van der Waals surface area (Å²) >= 11 is 0. The van der Waals surface area contributed by atoms with E-state index in [2.05, 4.69) is 26.4 Å². The normalized spacial score (nSPS) is 9.33. The molecular formula is C9H12N4O2. The third-order valence-corrected chi connectivity index (χ3v) is 1.49. The topological polar surface area (TPSA) is 79.9 Å². The van der Waals surface area contributed by atoms with Gasteiger partial charge in [-0.1, -0.05) is 0 Å². The Labute approximate surface area is 87.4 Å². The van der Waals surface area contributed by atoms with Gasteiger partial charge in [0.05, 0.1) is 6.61 Å². The number of ether oxygens (including phenoxy) is 1. The maximum absolute atomic E-state index is 11.2. The van der Waals surface area contributed by atoms with Gasteiger partial charge in [0.2, 0.25) is 11.9 Å². The Hall–Kier alpha value is -2.03.